The molecule has 0 heterocycles. The van der Waals surface area contributed by atoms with E-state index in [4.69, 9.17) is 22.6 Å². The van der Waals surface area contributed by atoms with Crippen molar-refractivity contribution in [1.82, 2.24) is 0 Å². The topological polar surface area (TPSA) is 70.0 Å². The number of aliphatic hydroxyl groups is 1. The second kappa shape index (κ2) is 4.82. The number of nitriles is 1. The van der Waals surface area contributed by atoms with Crippen LogP contribution in [0.25, 0.3) is 0 Å². The predicted octanol–water partition coefficient (Wildman–Crippen LogP) is 2.43. The highest BCUT2D eigenvalue weighted by Gasteiger charge is 2.34. The number of rotatable bonds is 2. The molecular weight excluding hydrogens is 257 g/mol. The quantitative estimate of drug-likeness (QED) is 0.637. The average Bonchev–Trinajstić information content (AvgIpc) is 2.26. The molecule has 1 rings (SSSR count). The summed E-state index contributed by atoms with van der Waals surface area (Å²) < 4.78 is 37.8. The molecule has 0 saturated carbocycles. The van der Waals surface area contributed by atoms with Crippen molar-refractivity contribution < 1.29 is 18.3 Å². The van der Waals surface area contributed by atoms with Gasteiger partial charge in [-0.25, -0.2) is 0 Å². The second-order valence-electron chi connectivity index (χ2n) is 3.31. The maximum atomic E-state index is 12.6. The van der Waals surface area contributed by atoms with E-state index < -0.39 is 23.5 Å². The third-order valence-electron chi connectivity index (χ3n) is 2.16. The first-order chi connectivity index (χ1) is 7.81. The van der Waals surface area contributed by atoms with Gasteiger partial charge in [-0.2, -0.15) is 18.4 Å². The van der Waals surface area contributed by atoms with Gasteiger partial charge in [-0.15, -0.1) is 11.6 Å². The molecule has 0 radical (unpaired) electrons. The predicted molar refractivity (Wildman–Crippen MR) is 56.3 cm³/mol. The highest BCUT2D eigenvalue weighted by Crippen LogP contribution is 2.37. The number of nitrogens with two attached hydrogens (primary N) is 1. The van der Waals surface area contributed by atoms with Gasteiger partial charge in [-0.3, -0.25) is 0 Å². The van der Waals surface area contributed by atoms with Gasteiger partial charge in [0.2, 0.25) is 0 Å². The maximum absolute atomic E-state index is 12.6. The zero-order valence-corrected chi connectivity index (χ0v) is 9.18. The SMILES string of the molecule is N#Cc1cc(C(O)CCl)cc(C(F)(F)F)c1N. The first-order valence-electron chi connectivity index (χ1n) is 4.46. The van der Waals surface area contributed by atoms with Gasteiger partial charge < -0.3 is 10.8 Å². The summed E-state index contributed by atoms with van der Waals surface area (Å²) in [5.41, 5.74) is 3.02. The van der Waals surface area contributed by atoms with Crippen molar-refractivity contribution >= 4 is 17.3 Å². The van der Waals surface area contributed by atoms with Crippen LogP contribution in [0.4, 0.5) is 18.9 Å². The molecule has 0 spiro atoms. The molecule has 0 aliphatic carbocycles. The van der Waals surface area contributed by atoms with Gasteiger partial charge >= 0.3 is 6.18 Å². The Hall–Kier alpha value is -1.45. The molecule has 0 fully saturated rings. The molecule has 0 aromatic heterocycles. The summed E-state index contributed by atoms with van der Waals surface area (Å²) in [7, 11) is 0. The van der Waals surface area contributed by atoms with Crippen molar-refractivity contribution in [2.24, 2.45) is 0 Å². The van der Waals surface area contributed by atoms with Gasteiger partial charge in [-0.1, -0.05) is 0 Å². The molecule has 1 atom stereocenters. The number of hydrogen-bond donors (Lipinski definition) is 2. The Morgan fingerprint density at radius 3 is 2.47 bits per heavy atom. The third kappa shape index (κ3) is 2.81. The van der Waals surface area contributed by atoms with Crippen molar-refractivity contribution in [3.05, 3.63) is 28.8 Å². The summed E-state index contributed by atoms with van der Waals surface area (Å²) in [6.07, 6.45) is -5.96. The minimum atomic E-state index is -4.68. The van der Waals surface area contributed by atoms with Gasteiger partial charge in [0.25, 0.3) is 0 Å². The first-order valence-corrected chi connectivity index (χ1v) is 4.99. The fourth-order valence-electron chi connectivity index (χ4n) is 1.28. The Balaban J connectivity index is 3.46. The summed E-state index contributed by atoms with van der Waals surface area (Å²) in [4.78, 5) is 0. The summed E-state index contributed by atoms with van der Waals surface area (Å²) in [5, 5.41) is 18.1. The lowest BCUT2D eigenvalue weighted by Gasteiger charge is -2.15. The molecule has 1 aromatic carbocycles. The van der Waals surface area contributed by atoms with Crippen LogP contribution in [-0.2, 0) is 6.18 Å². The maximum Gasteiger partial charge on any atom is 0.418 e. The molecule has 1 aromatic rings. The number of anilines is 1. The van der Waals surface area contributed by atoms with E-state index in [0.717, 1.165) is 6.07 Å². The summed E-state index contributed by atoms with van der Waals surface area (Å²) >= 11 is 5.34. The van der Waals surface area contributed by atoms with E-state index in [0.29, 0.717) is 6.07 Å². The number of nitrogens with zero attached hydrogens (tertiary/aromatic N) is 1. The van der Waals surface area contributed by atoms with Crippen LogP contribution in [0.3, 0.4) is 0 Å². The Labute approximate surface area is 100 Å². The Kier molecular flexibility index (Phi) is 3.86. The highest BCUT2D eigenvalue weighted by molar-refractivity contribution is 6.18. The van der Waals surface area contributed by atoms with Gasteiger partial charge in [-0.05, 0) is 17.7 Å². The fourth-order valence-corrected chi connectivity index (χ4v) is 1.46. The summed E-state index contributed by atoms with van der Waals surface area (Å²) in [5.74, 6) is -0.272. The van der Waals surface area contributed by atoms with E-state index in [-0.39, 0.29) is 17.0 Å². The first kappa shape index (κ1) is 13.6. The van der Waals surface area contributed by atoms with Crippen LogP contribution in [0.5, 0.6) is 0 Å². The zero-order chi connectivity index (χ0) is 13.2. The van der Waals surface area contributed by atoms with Crippen molar-refractivity contribution in [3.8, 4) is 6.07 Å². The third-order valence-corrected chi connectivity index (χ3v) is 2.45. The van der Waals surface area contributed by atoms with E-state index in [1.807, 2.05) is 0 Å². The average molecular weight is 265 g/mol. The highest BCUT2D eigenvalue weighted by atomic mass is 35.5. The van der Waals surface area contributed by atoms with Crippen LogP contribution in [0.1, 0.15) is 22.8 Å². The molecule has 0 amide bonds. The minimum absolute atomic E-state index is 0.0851. The lowest BCUT2D eigenvalue weighted by Crippen LogP contribution is -2.12. The molecular formula is C10H8ClF3N2O. The van der Waals surface area contributed by atoms with Gasteiger partial charge in [0.1, 0.15) is 6.07 Å². The Morgan fingerprint density at radius 2 is 2.06 bits per heavy atom. The lowest BCUT2D eigenvalue weighted by molar-refractivity contribution is -0.137. The molecule has 1 unspecified atom stereocenters. The fraction of sp³-hybridized carbons (Fsp3) is 0.300. The number of benzene rings is 1. The molecule has 3 N–H and O–H groups in total. The molecule has 7 heteroatoms. The van der Waals surface area contributed by atoms with Crippen molar-refractivity contribution in [2.75, 3.05) is 11.6 Å². The van der Waals surface area contributed by atoms with E-state index in [1.165, 1.54) is 0 Å². The monoisotopic (exact) mass is 264 g/mol. The van der Waals surface area contributed by atoms with Crippen LogP contribution in [0.15, 0.2) is 12.1 Å². The van der Waals surface area contributed by atoms with Crippen LogP contribution in [0, 0.1) is 11.3 Å². The minimum Gasteiger partial charge on any atom is -0.397 e. The summed E-state index contributed by atoms with van der Waals surface area (Å²) in [6.45, 7) is 0. The molecule has 0 aliphatic heterocycles. The van der Waals surface area contributed by atoms with Crippen LogP contribution in [0.2, 0.25) is 0 Å². The largest absolute Gasteiger partial charge is 0.418 e. The standard InChI is InChI=1S/C10H8ClF3N2O/c11-3-8(17)5-1-6(4-15)9(16)7(2-5)10(12,13)14/h1-2,8,17H,3,16H2. The van der Waals surface area contributed by atoms with E-state index >= 15 is 0 Å². The molecule has 0 aliphatic rings. The van der Waals surface area contributed by atoms with Crippen LogP contribution < -0.4 is 5.73 Å². The van der Waals surface area contributed by atoms with Crippen molar-refractivity contribution in [2.45, 2.75) is 12.3 Å². The number of hydrogen-bond acceptors (Lipinski definition) is 3. The van der Waals surface area contributed by atoms with E-state index in [1.54, 1.807) is 6.07 Å². The lowest BCUT2D eigenvalue weighted by atomic mass is 10.0. The van der Waals surface area contributed by atoms with E-state index in [9.17, 15) is 18.3 Å². The Morgan fingerprint density at radius 1 is 1.47 bits per heavy atom. The molecule has 92 valence electrons. The van der Waals surface area contributed by atoms with E-state index in [2.05, 4.69) is 0 Å². The van der Waals surface area contributed by atoms with Gasteiger partial charge in [0.15, 0.2) is 0 Å². The number of nitrogen functional groups attached to an aromatic ring is 1. The molecule has 3 nitrogen and oxygen atoms in total. The second-order valence-corrected chi connectivity index (χ2v) is 3.62. The Bertz CT molecular complexity index is 468. The molecule has 0 saturated heterocycles. The smallest absolute Gasteiger partial charge is 0.397 e. The van der Waals surface area contributed by atoms with Gasteiger partial charge in [0, 0.05) is 0 Å². The number of aliphatic hydroxyl groups excluding tert-OH is 1. The number of alkyl halides is 4. The molecule has 0 bridgehead atoms. The zero-order valence-electron chi connectivity index (χ0n) is 8.42. The molecule has 17 heavy (non-hydrogen) atoms. The van der Waals surface area contributed by atoms with Crippen LogP contribution >= 0.6 is 11.6 Å². The number of halogens is 4. The normalized spacial score (nSPS) is 13.2. The van der Waals surface area contributed by atoms with Crippen molar-refractivity contribution in [3.63, 3.8) is 0 Å². The van der Waals surface area contributed by atoms with Crippen molar-refractivity contribution in [1.29, 1.82) is 5.26 Å². The summed E-state index contributed by atoms with van der Waals surface area (Å²) in [6, 6.07) is 3.34. The van der Waals surface area contributed by atoms with Gasteiger partial charge in [0.05, 0.1) is 28.8 Å². The van der Waals surface area contributed by atoms with Crippen LogP contribution in [-0.4, -0.2) is 11.0 Å².